The van der Waals surface area contributed by atoms with Crippen LogP contribution in [0.2, 0.25) is 0 Å². The van der Waals surface area contributed by atoms with Gasteiger partial charge in [0.15, 0.2) is 0 Å². The first-order chi connectivity index (χ1) is 8.60. The van der Waals surface area contributed by atoms with Gasteiger partial charge in [-0.2, -0.15) is 5.26 Å². The largest absolute Gasteiger partial charge is 0.380 e. The van der Waals surface area contributed by atoms with Crippen LogP contribution in [0, 0.1) is 11.3 Å². The molecule has 104 valence electrons. The van der Waals surface area contributed by atoms with E-state index in [1.165, 1.54) is 6.42 Å². The van der Waals surface area contributed by atoms with E-state index in [9.17, 15) is 0 Å². The van der Waals surface area contributed by atoms with E-state index < -0.39 is 0 Å². The minimum absolute atomic E-state index is 0.330. The van der Waals surface area contributed by atoms with Gasteiger partial charge in [0.25, 0.3) is 0 Å². The molecule has 0 atom stereocenters. The number of piperazine rings is 1. The third kappa shape index (κ3) is 4.93. The van der Waals surface area contributed by atoms with E-state index in [1.54, 1.807) is 0 Å². The Morgan fingerprint density at radius 3 is 2.39 bits per heavy atom. The highest BCUT2D eigenvalue weighted by Crippen LogP contribution is 2.15. The molecule has 1 aliphatic heterocycles. The molecule has 0 spiro atoms. The lowest BCUT2D eigenvalue weighted by Crippen LogP contribution is -2.54. The lowest BCUT2D eigenvalue weighted by atomic mass is 10.0. The summed E-state index contributed by atoms with van der Waals surface area (Å²) in [7, 11) is 0. The summed E-state index contributed by atoms with van der Waals surface area (Å²) in [5.74, 6) is 0. The Labute approximate surface area is 112 Å². The summed E-state index contributed by atoms with van der Waals surface area (Å²) in [4.78, 5) is 4.69. The third-order valence-corrected chi connectivity index (χ3v) is 3.63. The van der Waals surface area contributed by atoms with E-state index in [0.717, 1.165) is 52.4 Å². The van der Waals surface area contributed by atoms with Crippen molar-refractivity contribution >= 4 is 0 Å². The second-order valence-electron chi connectivity index (χ2n) is 5.47. The summed E-state index contributed by atoms with van der Waals surface area (Å²) in [5.41, 5.74) is -0.330. The molecule has 0 unspecified atom stereocenters. The van der Waals surface area contributed by atoms with Crippen molar-refractivity contribution in [1.29, 1.82) is 5.26 Å². The molecule has 0 saturated carbocycles. The molecule has 0 aromatic heterocycles. The number of nitrogens with zero attached hydrogens (tertiary/aromatic N) is 3. The quantitative estimate of drug-likeness (QED) is 0.648. The molecular weight excluding hydrogens is 226 g/mol. The zero-order chi connectivity index (χ0) is 13.4. The molecule has 18 heavy (non-hydrogen) atoms. The lowest BCUT2D eigenvalue weighted by Gasteiger charge is -2.40. The zero-order valence-corrected chi connectivity index (χ0v) is 12.1. The van der Waals surface area contributed by atoms with Crippen LogP contribution >= 0.6 is 0 Å². The van der Waals surface area contributed by atoms with Crippen molar-refractivity contribution in [3.05, 3.63) is 0 Å². The standard InChI is InChI=1S/C14H27N3O/c1-4-5-11-18-12-10-16-6-8-17(9-7-16)14(2,3)13-15/h4-12H2,1-3H3. The average molecular weight is 253 g/mol. The maximum atomic E-state index is 9.11. The van der Waals surface area contributed by atoms with E-state index >= 15 is 0 Å². The summed E-state index contributed by atoms with van der Waals surface area (Å²) in [6, 6.07) is 2.37. The van der Waals surface area contributed by atoms with Crippen LogP contribution in [0.5, 0.6) is 0 Å². The number of rotatable bonds is 7. The van der Waals surface area contributed by atoms with Crippen molar-refractivity contribution in [3.8, 4) is 6.07 Å². The fourth-order valence-corrected chi connectivity index (χ4v) is 2.14. The van der Waals surface area contributed by atoms with Gasteiger partial charge in [0.2, 0.25) is 0 Å². The molecule has 0 aromatic rings. The maximum absolute atomic E-state index is 9.11. The number of unbranched alkanes of at least 4 members (excludes halogenated alkanes) is 1. The number of nitriles is 1. The molecule has 1 heterocycles. The van der Waals surface area contributed by atoms with Crippen LogP contribution in [0.3, 0.4) is 0 Å². The fourth-order valence-electron chi connectivity index (χ4n) is 2.14. The van der Waals surface area contributed by atoms with E-state index in [4.69, 9.17) is 10.00 Å². The summed E-state index contributed by atoms with van der Waals surface area (Å²) >= 11 is 0. The van der Waals surface area contributed by atoms with Crippen LogP contribution in [-0.2, 0) is 4.74 Å². The summed E-state index contributed by atoms with van der Waals surface area (Å²) in [6.07, 6.45) is 2.35. The normalized spacial score (nSPS) is 18.8. The average Bonchev–Trinajstić information content (AvgIpc) is 2.39. The van der Waals surface area contributed by atoms with Crippen molar-refractivity contribution in [2.45, 2.75) is 39.2 Å². The topological polar surface area (TPSA) is 39.5 Å². The number of ether oxygens (including phenoxy) is 1. The molecule has 4 nitrogen and oxygen atoms in total. The van der Waals surface area contributed by atoms with E-state index in [0.29, 0.717) is 0 Å². The second kappa shape index (κ2) is 7.73. The highest BCUT2D eigenvalue weighted by atomic mass is 16.5. The highest BCUT2D eigenvalue weighted by molar-refractivity contribution is 5.02. The first-order valence-electron chi connectivity index (χ1n) is 7.06. The van der Waals surface area contributed by atoms with E-state index in [-0.39, 0.29) is 5.54 Å². The van der Waals surface area contributed by atoms with Gasteiger partial charge in [-0.05, 0) is 20.3 Å². The van der Waals surface area contributed by atoms with Crippen LogP contribution < -0.4 is 0 Å². The summed E-state index contributed by atoms with van der Waals surface area (Å²) < 4.78 is 5.58. The predicted molar refractivity (Wildman–Crippen MR) is 73.4 cm³/mol. The summed E-state index contributed by atoms with van der Waals surface area (Å²) in [6.45, 7) is 13.0. The zero-order valence-electron chi connectivity index (χ0n) is 12.1. The van der Waals surface area contributed by atoms with Crippen LogP contribution in [0.4, 0.5) is 0 Å². The number of hydrogen-bond donors (Lipinski definition) is 0. The molecule has 0 bridgehead atoms. The van der Waals surface area contributed by atoms with Crippen LogP contribution in [0.15, 0.2) is 0 Å². The smallest absolute Gasteiger partial charge is 0.103 e. The SMILES string of the molecule is CCCCOCCN1CCN(C(C)(C)C#N)CC1. The van der Waals surface area contributed by atoms with Gasteiger partial charge in [-0.1, -0.05) is 13.3 Å². The molecular formula is C14H27N3O. The molecule has 1 aliphatic rings. The van der Waals surface area contributed by atoms with Gasteiger partial charge in [0, 0.05) is 39.3 Å². The first kappa shape index (κ1) is 15.4. The summed E-state index contributed by atoms with van der Waals surface area (Å²) in [5, 5.41) is 9.11. The van der Waals surface area contributed by atoms with Gasteiger partial charge in [-0.15, -0.1) is 0 Å². The molecule has 0 aliphatic carbocycles. The van der Waals surface area contributed by atoms with Crippen molar-refractivity contribution < 1.29 is 4.74 Å². The molecule has 0 radical (unpaired) electrons. The minimum Gasteiger partial charge on any atom is -0.380 e. The molecule has 1 saturated heterocycles. The molecule has 1 fully saturated rings. The Morgan fingerprint density at radius 1 is 1.17 bits per heavy atom. The van der Waals surface area contributed by atoms with Crippen molar-refractivity contribution in [1.82, 2.24) is 9.80 Å². The lowest BCUT2D eigenvalue weighted by molar-refractivity contribution is 0.0519. The maximum Gasteiger partial charge on any atom is 0.103 e. The van der Waals surface area contributed by atoms with Gasteiger partial charge in [0.05, 0.1) is 12.7 Å². The molecule has 0 amide bonds. The third-order valence-electron chi connectivity index (χ3n) is 3.63. The monoisotopic (exact) mass is 253 g/mol. The second-order valence-corrected chi connectivity index (χ2v) is 5.47. The predicted octanol–water partition coefficient (Wildman–Crippen LogP) is 1.72. The van der Waals surface area contributed by atoms with Crippen LogP contribution in [-0.4, -0.2) is 61.3 Å². The Morgan fingerprint density at radius 2 is 1.83 bits per heavy atom. The molecule has 0 N–H and O–H groups in total. The molecule has 1 rings (SSSR count). The molecule has 4 heteroatoms. The van der Waals surface area contributed by atoms with E-state index in [1.807, 2.05) is 13.8 Å². The highest BCUT2D eigenvalue weighted by Gasteiger charge is 2.29. The van der Waals surface area contributed by atoms with E-state index in [2.05, 4.69) is 22.8 Å². The Balaban J connectivity index is 2.14. The van der Waals surface area contributed by atoms with Gasteiger partial charge in [-0.25, -0.2) is 0 Å². The van der Waals surface area contributed by atoms with Crippen LogP contribution in [0.1, 0.15) is 33.6 Å². The van der Waals surface area contributed by atoms with Gasteiger partial charge >= 0.3 is 0 Å². The Bertz CT molecular complexity index is 265. The Hall–Kier alpha value is -0.630. The minimum atomic E-state index is -0.330. The van der Waals surface area contributed by atoms with Crippen molar-refractivity contribution in [2.24, 2.45) is 0 Å². The Kier molecular flexibility index (Phi) is 6.62. The van der Waals surface area contributed by atoms with Crippen molar-refractivity contribution in [3.63, 3.8) is 0 Å². The number of hydrogen-bond acceptors (Lipinski definition) is 4. The first-order valence-corrected chi connectivity index (χ1v) is 7.06. The fraction of sp³-hybridized carbons (Fsp3) is 0.929. The molecule has 0 aromatic carbocycles. The van der Waals surface area contributed by atoms with Gasteiger partial charge < -0.3 is 4.74 Å². The van der Waals surface area contributed by atoms with Gasteiger partial charge in [-0.3, -0.25) is 9.80 Å². The van der Waals surface area contributed by atoms with Crippen molar-refractivity contribution in [2.75, 3.05) is 45.9 Å². The van der Waals surface area contributed by atoms with Crippen LogP contribution in [0.25, 0.3) is 0 Å². The van der Waals surface area contributed by atoms with Gasteiger partial charge in [0.1, 0.15) is 5.54 Å².